The van der Waals surface area contributed by atoms with Crippen LogP contribution in [0.4, 0.5) is 13.2 Å². The molecule has 0 aliphatic rings. The second-order valence-electron chi connectivity index (χ2n) is 5.18. The predicted octanol–water partition coefficient (Wildman–Crippen LogP) is 1.81. The molecule has 10 heteroatoms. The average molecular weight is 371 g/mol. The minimum atomic E-state index is -4.59. The molecule has 0 saturated carbocycles. The van der Waals surface area contributed by atoms with Gasteiger partial charge in [-0.25, -0.2) is 9.48 Å². The average Bonchev–Trinajstić information content (AvgIpc) is 3.11. The standard InChI is InChI=1S/C16H16F3N3O4/c1-25-9-12(15(24)26-2)21-14(23)10-4-3-5-11(8-10)22-13(6-7-20-22)16(17,18)19/h3-8,12H,9H2,1-2H3,(H,21,23). The maximum atomic E-state index is 13.0. The van der Waals surface area contributed by atoms with E-state index < -0.39 is 29.8 Å². The molecule has 7 nitrogen and oxygen atoms in total. The number of rotatable bonds is 6. The van der Waals surface area contributed by atoms with Crippen molar-refractivity contribution in [1.82, 2.24) is 15.1 Å². The van der Waals surface area contributed by atoms with Crippen molar-refractivity contribution in [3.8, 4) is 5.69 Å². The van der Waals surface area contributed by atoms with Crippen LogP contribution in [0.3, 0.4) is 0 Å². The number of carbonyl (C=O) groups excluding carboxylic acids is 2. The highest BCUT2D eigenvalue weighted by Gasteiger charge is 2.35. The van der Waals surface area contributed by atoms with Crippen LogP contribution in [-0.4, -0.2) is 48.5 Å². The van der Waals surface area contributed by atoms with Crippen molar-refractivity contribution in [1.29, 1.82) is 0 Å². The summed E-state index contributed by atoms with van der Waals surface area (Å²) in [5.41, 5.74) is -0.866. The van der Waals surface area contributed by atoms with Gasteiger partial charge in [-0.15, -0.1) is 0 Å². The number of ether oxygens (including phenoxy) is 2. The van der Waals surface area contributed by atoms with Gasteiger partial charge < -0.3 is 14.8 Å². The van der Waals surface area contributed by atoms with Crippen molar-refractivity contribution in [3.63, 3.8) is 0 Å². The third kappa shape index (κ3) is 4.39. The Hall–Kier alpha value is -2.88. The van der Waals surface area contributed by atoms with Crippen LogP contribution >= 0.6 is 0 Å². The number of aromatic nitrogens is 2. The summed E-state index contributed by atoms with van der Waals surface area (Å²) in [6.07, 6.45) is -3.58. The Morgan fingerprint density at radius 2 is 2.00 bits per heavy atom. The molecule has 0 saturated heterocycles. The van der Waals surface area contributed by atoms with Gasteiger partial charge in [-0.2, -0.15) is 18.3 Å². The van der Waals surface area contributed by atoms with E-state index in [0.29, 0.717) is 4.68 Å². The normalized spacial score (nSPS) is 12.5. The molecular weight excluding hydrogens is 355 g/mol. The van der Waals surface area contributed by atoms with Gasteiger partial charge in [-0.05, 0) is 24.3 Å². The highest BCUT2D eigenvalue weighted by molar-refractivity contribution is 5.97. The smallest absolute Gasteiger partial charge is 0.433 e. The number of carbonyl (C=O) groups is 2. The van der Waals surface area contributed by atoms with E-state index in [1.54, 1.807) is 0 Å². The van der Waals surface area contributed by atoms with Crippen LogP contribution < -0.4 is 5.32 Å². The minimum Gasteiger partial charge on any atom is -0.467 e. The SMILES string of the molecule is COCC(NC(=O)c1cccc(-n2nccc2C(F)(F)F)c1)C(=O)OC. The number of hydrogen-bond donors (Lipinski definition) is 1. The molecule has 1 aromatic heterocycles. The molecule has 0 aliphatic heterocycles. The number of nitrogens with one attached hydrogen (secondary N) is 1. The highest BCUT2D eigenvalue weighted by Crippen LogP contribution is 2.30. The van der Waals surface area contributed by atoms with Crippen LogP contribution in [0.2, 0.25) is 0 Å². The molecule has 0 aliphatic carbocycles. The van der Waals surface area contributed by atoms with E-state index in [9.17, 15) is 22.8 Å². The number of benzene rings is 1. The Balaban J connectivity index is 2.28. The van der Waals surface area contributed by atoms with Gasteiger partial charge in [0.2, 0.25) is 0 Å². The van der Waals surface area contributed by atoms with Crippen molar-refractivity contribution >= 4 is 11.9 Å². The molecule has 1 atom stereocenters. The van der Waals surface area contributed by atoms with Gasteiger partial charge in [0.25, 0.3) is 5.91 Å². The summed E-state index contributed by atoms with van der Waals surface area (Å²) >= 11 is 0. The first-order chi connectivity index (χ1) is 12.3. The molecule has 140 valence electrons. The molecule has 1 heterocycles. The zero-order valence-corrected chi connectivity index (χ0v) is 13.9. The number of amides is 1. The number of nitrogens with zero attached hydrogens (tertiary/aromatic N) is 2. The Bertz CT molecular complexity index is 789. The van der Waals surface area contributed by atoms with Gasteiger partial charge in [-0.3, -0.25) is 4.79 Å². The molecular formula is C16H16F3N3O4. The van der Waals surface area contributed by atoms with Crippen molar-refractivity contribution in [3.05, 3.63) is 47.8 Å². The van der Waals surface area contributed by atoms with Gasteiger partial charge in [0.05, 0.1) is 25.6 Å². The first kappa shape index (κ1) is 19.4. The second kappa shape index (κ2) is 8.00. The lowest BCUT2D eigenvalue weighted by molar-refractivity contribution is -0.144. The van der Waals surface area contributed by atoms with E-state index in [1.165, 1.54) is 31.4 Å². The van der Waals surface area contributed by atoms with Gasteiger partial charge in [-0.1, -0.05) is 6.07 Å². The molecule has 2 rings (SSSR count). The molecule has 2 aromatic rings. The first-order valence-corrected chi connectivity index (χ1v) is 7.37. The largest absolute Gasteiger partial charge is 0.467 e. The Kier molecular flexibility index (Phi) is 5.98. The van der Waals surface area contributed by atoms with Crippen LogP contribution in [0.1, 0.15) is 16.1 Å². The third-order valence-corrected chi connectivity index (χ3v) is 3.41. The number of esters is 1. The second-order valence-corrected chi connectivity index (χ2v) is 5.18. The number of methoxy groups -OCH3 is 2. The summed E-state index contributed by atoms with van der Waals surface area (Å²) in [4.78, 5) is 23.9. The molecule has 1 N–H and O–H groups in total. The molecule has 1 unspecified atom stereocenters. The van der Waals surface area contributed by atoms with E-state index in [4.69, 9.17) is 4.74 Å². The molecule has 1 aromatic carbocycles. The van der Waals surface area contributed by atoms with Crippen LogP contribution in [0.15, 0.2) is 36.5 Å². The summed E-state index contributed by atoms with van der Waals surface area (Å²) < 4.78 is 49.1. The van der Waals surface area contributed by atoms with E-state index in [2.05, 4.69) is 15.2 Å². The lowest BCUT2D eigenvalue weighted by atomic mass is 10.1. The summed E-state index contributed by atoms with van der Waals surface area (Å²) in [6, 6.07) is 5.21. The summed E-state index contributed by atoms with van der Waals surface area (Å²) in [5.74, 6) is -1.37. The van der Waals surface area contributed by atoms with Crippen LogP contribution in [0.25, 0.3) is 5.69 Å². The van der Waals surface area contributed by atoms with Gasteiger partial charge >= 0.3 is 12.1 Å². The number of halogens is 3. The number of alkyl halides is 3. The molecule has 1 amide bonds. The summed E-state index contributed by atoms with van der Waals surface area (Å²) in [6.45, 7) is -0.116. The summed E-state index contributed by atoms with van der Waals surface area (Å²) in [5, 5.41) is 6.07. The first-order valence-electron chi connectivity index (χ1n) is 7.37. The van der Waals surface area contributed by atoms with Gasteiger partial charge in [0, 0.05) is 12.7 Å². The van der Waals surface area contributed by atoms with Crippen molar-refractivity contribution < 1.29 is 32.2 Å². The highest BCUT2D eigenvalue weighted by atomic mass is 19.4. The molecule has 0 spiro atoms. The van der Waals surface area contributed by atoms with Gasteiger partial charge in [0.15, 0.2) is 6.04 Å². The fraction of sp³-hybridized carbons (Fsp3) is 0.312. The van der Waals surface area contributed by atoms with Crippen LogP contribution in [0.5, 0.6) is 0 Å². The summed E-state index contributed by atoms with van der Waals surface area (Å²) in [7, 11) is 2.51. The van der Waals surface area contributed by atoms with E-state index in [1.807, 2.05) is 0 Å². The maximum Gasteiger partial charge on any atom is 0.433 e. The molecule has 0 fully saturated rings. The maximum absolute atomic E-state index is 13.0. The predicted molar refractivity (Wildman–Crippen MR) is 83.7 cm³/mol. The lowest BCUT2D eigenvalue weighted by Gasteiger charge is -2.16. The zero-order chi connectivity index (χ0) is 19.3. The molecule has 26 heavy (non-hydrogen) atoms. The van der Waals surface area contributed by atoms with E-state index >= 15 is 0 Å². The molecule has 0 bridgehead atoms. The Morgan fingerprint density at radius 1 is 1.27 bits per heavy atom. The Labute approximate surface area is 146 Å². The van der Waals surface area contributed by atoms with Crippen molar-refractivity contribution in [2.75, 3.05) is 20.8 Å². The van der Waals surface area contributed by atoms with E-state index in [-0.39, 0.29) is 17.9 Å². The zero-order valence-electron chi connectivity index (χ0n) is 13.9. The minimum absolute atomic E-state index is 0.0520. The topological polar surface area (TPSA) is 82.5 Å². The fourth-order valence-corrected chi connectivity index (χ4v) is 2.22. The number of hydrogen-bond acceptors (Lipinski definition) is 5. The monoisotopic (exact) mass is 371 g/mol. The Morgan fingerprint density at radius 3 is 2.62 bits per heavy atom. The van der Waals surface area contributed by atoms with Crippen molar-refractivity contribution in [2.24, 2.45) is 0 Å². The van der Waals surface area contributed by atoms with Gasteiger partial charge in [0.1, 0.15) is 5.69 Å². The van der Waals surface area contributed by atoms with Crippen LogP contribution in [-0.2, 0) is 20.4 Å². The lowest BCUT2D eigenvalue weighted by Crippen LogP contribution is -2.44. The van der Waals surface area contributed by atoms with E-state index in [0.717, 1.165) is 19.4 Å². The van der Waals surface area contributed by atoms with Crippen molar-refractivity contribution in [2.45, 2.75) is 12.2 Å². The molecule has 0 radical (unpaired) electrons. The fourth-order valence-electron chi connectivity index (χ4n) is 2.22. The quantitative estimate of drug-likeness (QED) is 0.783. The van der Waals surface area contributed by atoms with Crippen LogP contribution in [0, 0.1) is 0 Å². The third-order valence-electron chi connectivity index (χ3n) is 3.41.